The van der Waals surface area contributed by atoms with Gasteiger partial charge in [0.2, 0.25) is 5.91 Å². The van der Waals surface area contributed by atoms with Crippen LogP contribution < -0.4 is 5.32 Å². The maximum atomic E-state index is 13.6. The van der Waals surface area contributed by atoms with Crippen LogP contribution in [0, 0.1) is 11.8 Å². The van der Waals surface area contributed by atoms with Crippen molar-refractivity contribution in [1.82, 2.24) is 20.0 Å². The molecule has 1 aliphatic carbocycles. The summed E-state index contributed by atoms with van der Waals surface area (Å²) in [5.74, 6) is 1.14. The van der Waals surface area contributed by atoms with Gasteiger partial charge in [0.05, 0.1) is 12.1 Å². The van der Waals surface area contributed by atoms with Crippen LogP contribution in [-0.4, -0.2) is 39.7 Å². The summed E-state index contributed by atoms with van der Waals surface area (Å²) in [5, 5.41) is 7.73. The molecule has 0 bridgehead atoms. The zero-order valence-electron chi connectivity index (χ0n) is 16.0. The summed E-state index contributed by atoms with van der Waals surface area (Å²) in [6, 6.07) is 10.7. The smallest absolute Gasteiger partial charge is 0.228 e. The second-order valence-corrected chi connectivity index (χ2v) is 7.85. The van der Waals surface area contributed by atoms with Gasteiger partial charge in [-0.25, -0.2) is 0 Å². The van der Waals surface area contributed by atoms with Gasteiger partial charge in [-0.2, -0.15) is 5.10 Å². The Morgan fingerprint density at radius 3 is 2.67 bits per heavy atom. The predicted molar refractivity (Wildman–Crippen MR) is 109 cm³/mol. The van der Waals surface area contributed by atoms with Crippen LogP contribution in [0.5, 0.6) is 0 Å². The number of hydrogen-bond donors (Lipinski definition) is 1. The number of aryl methyl sites for hydroxylation is 1. The number of rotatable bonds is 6. The Morgan fingerprint density at radius 2 is 2.04 bits per heavy atom. The van der Waals surface area contributed by atoms with Crippen LogP contribution in [0.1, 0.15) is 36.8 Å². The fourth-order valence-electron chi connectivity index (χ4n) is 4.17. The van der Waals surface area contributed by atoms with Crippen LogP contribution in [0.15, 0.2) is 42.7 Å². The lowest BCUT2D eigenvalue weighted by molar-refractivity contribution is -0.138. The summed E-state index contributed by atoms with van der Waals surface area (Å²) in [6.45, 7) is 4.52. The maximum Gasteiger partial charge on any atom is 0.228 e. The highest BCUT2D eigenvalue weighted by Crippen LogP contribution is 2.38. The lowest BCUT2D eigenvalue weighted by atomic mass is 9.89. The van der Waals surface area contributed by atoms with E-state index < -0.39 is 0 Å². The van der Waals surface area contributed by atoms with Crippen molar-refractivity contribution in [3.63, 3.8) is 0 Å². The van der Waals surface area contributed by atoms with Crippen molar-refractivity contribution in [3.05, 3.63) is 53.9 Å². The minimum atomic E-state index is -0.0101. The highest BCUT2D eigenvalue weighted by atomic mass is 35.5. The molecule has 1 unspecified atom stereocenters. The van der Waals surface area contributed by atoms with E-state index in [9.17, 15) is 4.79 Å². The van der Waals surface area contributed by atoms with Crippen LogP contribution in [0.4, 0.5) is 0 Å². The van der Waals surface area contributed by atoms with Gasteiger partial charge in [-0.15, -0.1) is 12.4 Å². The minimum Gasteiger partial charge on any atom is -0.335 e. The summed E-state index contributed by atoms with van der Waals surface area (Å²) in [4.78, 5) is 15.7. The molecular formula is C21H29ClN4O. The topological polar surface area (TPSA) is 50.2 Å². The third-order valence-electron chi connectivity index (χ3n) is 5.96. The molecule has 1 saturated carbocycles. The Kier molecular flexibility index (Phi) is 6.22. The first kappa shape index (κ1) is 19.9. The van der Waals surface area contributed by atoms with E-state index in [4.69, 9.17) is 0 Å². The van der Waals surface area contributed by atoms with Crippen molar-refractivity contribution in [1.29, 1.82) is 0 Å². The molecule has 2 heterocycles. The van der Waals surface area contributed by atoms with Crippen LogP contribution in [0.3, 0.4) is 0 Å². The first-order chi connectivity index (χ1) is 12.6. The number of nitrogens with one attached hydrogen (secondary N) is 1. The van der Waals surface area contributed by atoms with Gasteiger partial charge < -0.3 is 10.2 Å². The van der Waals surface area contributed by atoms with Crippen LogP contribution in [0.25, 0.3) is 0 Å². The van der Waals surface area contributed by atoms with Gasteiger partial charge in [-0.3, -0.25) is 9.48 Å². The molecule has 1 saturated heterocycles. The van der Waals surface area contributed by atoms with Crippen molar-refractivity contribution in [3.8, 4) is 0 Å². The van der Waals surface area contributed by atoms with E-state index in [0.29, 0.717) is 18.5 Å². The predicted octanol–water partition coefficient (Wildman–Crippen LogP) is 2.97. The minimum absolute atomic E-state index is 0. The molecule has 0 radical (unpaired) electrons. The fourth-order valence-corrected chi connectivity index (χ4v) is 4.17. The van der Waals surface area contributed by atoms with Crippen LogP contribution in [-0.2, 0) is 18.4 Å². The molecule has 2 aliphatic rings. The molecule has 1 aliphatic heterocycles. The Balaban J connectivity index is 0.00000210. The molecule has 5 nitrogen and oxygen atoms in total. The number of carbonyl (C=O) groups excluding carboxylic acids is 1. The SMILES string of the molecule is CC(C1CC1)N(Cc1ccccc1)C(=O)[C@H]1CNC[C@@H]1c1cnn(C)c1.Cl. The number of carbonyl (C=O) groups is 1. The monoisotopic (exact) mass is 388 g/mol. The van der Waals surface area contributed by atoms with E-state index in [1.54, 1.807) is 0 Å². The number of benzene rings is 1. The van der Waals surface area contributed by atoms with Crippen molar-refractivity contribution in [2.75, 3.05) is 13.1 Å². The molecule has 3 atom stereocenters. The number of hydrogen-bond acceptors (Lipinski definition) is 3. The molecule has 27 heavy (non-hydrogen) atoms. The fraction of sp³-hybridized carbons (Fsp3) is 0.524. The molecule has 6 heteroatoms. The molecule has 146 valence electrons. The summed E-state index contributed by atoms with van der Waals surface area (Å²) in [5.41, 5.74) is 2.37. The van der Waals surface area contributed by atoms with Crippen molar-refractivity contribution in [2.45, 2.75) is 38.3 Å². The van der Waals surface area contributed by atoms with Gasteiger partial charge in [-0.05, 0) is 36.8 Å². The third-order valence-corrected chi connectivity index (χ3v) is 5.96. The largest absolute Gasteiger partial charge is 0.335 e. The average Bonchev–Trinajstić information content (AvgIpc) is 3.23. The van der Waals surface area contributed by atoms with Gasteiger partial charge >= 0.3 is 0 Å². The molecule has 2 fully saturated rings. The normalized spacial score (nSPS) is 22.9. The van der Waals surface area contributed by atoms with Crippen LogP contribution >= 0.6 is 12.4 Å². The Morgan fingerprint density at radius 1 is 1.30 bits per heavy atom. The summed E-state index contributed by atoms with van der Waals surface area (Å²) >= 11 is 0. The maximum absolute atomic E-state index is 13.6. The van der Waals surface area contributed by atoms with Crippen molar-refractivity contribution < 1.29 is 4.79 Å². The van der Waals surface area contributed by atoms with Gasteiger partial charge in [-0.1, -0.05) is 30.3 Å². The summed E-state index contributed by atoms with van der Waals surface area (Å²) in [6.07, 6.45) is 6.44. The highest BCUT2D eigenvalue weighted by Gasteiger charge is 2.41. The van der Waals surface area contributed by atoms with E-state index in [0.717, 1.165) is 18.7 Å². The molecule has 2 aromatic rings. The second kappa shape index (κ2) is 8.44. The molecule has 1 aromatic carbocycles. The van der Waals surface area contributed by atoms with Gasteiger partial charge in [0.1, 0.15) is 0 Å². The van der Waals surface area contributed by atoms with Crippen LogP contribution in [0.2, 0.25) is 0 Å². The van der Waals surface area contributed by atoms with Gasteiger partial charge in [0.15, 0.2) is 0 Å². The third kappa shape index (κ3) is 4.36. The Bertz CT molecular complexity index is 759. The molecule has 1 aromatic heterocycles. The molecule has 1 N–H and O–H groups in total. The number of amides is 1. The Labute approximate surface area is 167 Å². The van der Waals surface area contributed by atoms with E-state index in [1.807, 2.05) is 30.2 Å². The standard InChI is InChI=1S/C21H28N4O.ClH/c1-15(17-8-9-17)25(13-16-6-4-3-5-7-16)21(26)20-12-22-11-19(20)18-10-23-24(2)14-18;/h3-7,10,14-15,17,19-20,22H,8-9,11-13H2,1-2H3;1H/t15?,19-,20+;/m1./s1. The Hall–Kier alpha value is -1.85. The van der Waals surface area contributed by atoms with E-state index in [1.165, 1.54) is 18.4 Å². The molecular weight excluding hydrogens is 360 g/mol. The van der Waals surface area contributed by atoms with Gasteiger partial charge in [0.25, 0.3) is 0 Å². The first-order valence-electron chi connectivity index (χ1n) is 9.67. The number of nitrogens with zero attached hydrogens (tertiary/aromatic N) is 3. The van der Waals surface area contributed by atoms with E-state index >= 15 is 0 Å². The lowest BCUT2D eigenvalue weighted by Crippen LogP contribution is -2.44. The molecule has 0 spiro atoms. The van der Waals surface area contributed by atoms with Crippen molar-refractivity contribution >= 4 is 18.3 Å². The van der Waals surface area contributed by atoms with E-state index in [-0.39, 0.29) is 30.2 Å². The van der Waals surface area contributed by atoms with Gasteiger partial charge in [0, 0.05) is 44.8 Å². The quantitative estimate of drug-likeness (QED) is 0.827. The molecule has 4 rings (SSSR count). The zero-order chi connectivity index (χ0) is 18.1. The van der Waals surface area contributed by atoms with Crippen molar-refractivity contribution in [2.24, 2.45) is 18.9 Å². The lowest BCUT2D eigenvalue weighted by Gasteiger charge is -2.33. The summed E-state index contributed by atoms with van der Waals surface area (Å²) < 4.78 is 1.82. The summed E-state index contributed by atoms with van der Waals surface area (Å²) in [7, 11) is 1.93. The second-order valence-electron chi connectivity index (χ2n) is 7.85. The number of aromatic nitrogens is 2. The first-order valence-corrected chi connectivity index (χ1v) is 9.67. The molecule has 1 amide bonds. The number of halogens is 1. The highest BCUT2D eigenvalue weighted by molar-refractivity contribution is 5.85. The van der Waals surface area contributed by atoms with E-state index in [2.05, 4.69) is 46.5 Å². The average molecular weight is 389 g/mol. The zero-order valence-corrected chi connectivity index (χ0v) is 16.9.